The third-order valence-corrected chi connectivity index (χ3v) is 4.47. The fraction of sp³-hybridized carbons (Fsp3) is 0.263. The van der Waals surface area contributed by atoms with Gasteiger partial charge in [0.05, 0.1) is 30.2 Å². The molecule has 0 bridgehead atoms. The van der Waals surface area contributed by atoms with E-state index in [9.17, 15) is 4.79 Å². The second kappa shape index (κ2) is 7.35. The van der Waals surface area contributed by atoms with Gasteiger partial charge in [0.25, 0.3) is 0 Å². The molecule has 3 heterocycles. The Hall–Kier alpha value is -3.22. The third-order valence-electron chi connectivity index (χ3n) is 4.47. The summed E-state index contributed by atoms with van der Waals surface area (Å²) in [7, 11) is 0. The van der Waals surface area contributed by atoms with Crippen molar-refractivity contribution in [2.24, 2.45) is 0 Å². The molecule has 4 rings (SSSR count). The lowest BCUT2D eigenvalue weighted by atomic mass is 10.2. The second-order valence-electron chi connectivity index (χ2n) is 6.16. The molecule has 1 aromatic carbocycles. The van der Waals surface area contributed by atoms with Crippen LogP contribution in [-0.4, -0.2) is 52.2 Å². The average molecular weight is 349 g/mol. The van der Waals surface area contributed by atoms with E-state index in [0.717, 1.165) is 24.3 Å². The number of nitrogens with zero attached hydrogens (tertiary/aromatic N) is 5. The van der Waals surface area contributed by atoms with Crippen LogP contribution in [0, 0.1) is 0 Å². The molecular formula is C19H19N5O2. The van der Waals surface area contributed by atoms with Crippen molar-refractivity contribution in [3.63, 3.8) is 0 Å². The number of hydrogen-bond acceptors (Lipinski definition) is 6. The number of rotatable bonds is 4. The molecule has 0 radical (unpaired) electrons. The number of hydrogen-bond donors (Lipinski definition) is 0. The Labute approximate surface area is 151 Å². The van der Waals surface area contributed by atoms with Gasteiger partial charge in [-0.3, -0.25) is 4.79 Å². The van der Waals surface area contributed by atoms with Gasteiger partial charge in [-0.05, 0) is 18.2 Å². The van der Waals surface area contributed by atoms with Gasteiger partial charge < -0.3 is 14.2 Å². The van der Waals surface area contributed by atoms with Crippen LogP contribution in [0.1, 0.15) is 5.69 Å². The summed E-state index contributed by atoms with van der Waals surface area (Å²) in [6.07, 6.45) is 5.26. The summed E-state index contributed by atoms with van der Waals surface area (Å²) in [5.41, 5.74) is 2.61. The molecule has 132 valence electrons. The molecule has 7 nitrogen and oxygen atoms in total. The van der Waals surface area contributed by atoms with Gasteiger partial charge in [-0.2, -0.15) is 10.2 Å². The van der Waals surface area contributed by atoms with E-state index in [2.05, 4.69) is 20.1 Å². The van der Waals surface area contributed by atoms with Gasteiger partial charge in [0.15, 0.2) is 0 Å². The van der Waals surface area contributed by atoms with E-state index in [1.54, 1.807) is 18.7 Å². The Morgan fingerprint density at radius 1 is 1.04 bits per heavy atom. The molecule has 0 atom stereocenters. The monoisotopic (exact) mass is 349 g/mol. The number of piperazine rings is 1. The van der Waals surface area contributed by atoms with Crippen molar-refractivity contribution < 1.29 is 9.21 Å². The summed E-state index contributed by atoms with van der Waals surface area (Å²) in [5, 5.41) is 7.70. The molecule has 0 spiro atoms. The summed E-state index contributed by atoms with van der Waals surface area (Å²) in [6.45, 7) is 2.94. The molecule has 1 aliphatic rings. The molecular weight excluding hydrogens is 330 g/mol. The highest BCUT2D eigenvalue weighted by atomic mass is 16.3. The zero-order valence-corrected chi connectivity index (χ0v) is 14.3. The first-order valence-corrected chi connectivity index (χ1v) is 8.59. The molecule has 7 heteroatoms. The second-order valence-corrected chi connectivity index (χ2v) is 6.16. The maximum atomic E-state index is 12.6. The van der Waals surface area contributed by atoms with Gasteiger partial charge in [0, 0.05) is 31.7 Å². The van der Waals surface area contributed by atoms with Crippen molar-refractivity contribution in [1.82, 2.24) is 20.1 Å². The van der Waals surface area contributed by atoms with E-state index in [0.29, 0.717) is 24.7 Å². The predicted molar refractivity (Wildman–Crippen MR) is 96.5 cm³/mol. The van der Waals surface area contributed by atoms with Crippen molar-refractivity contribution in [2.75, 3.05) is 31.1 Å². The molecule has 0 N–H and O–H groups in total. The topological polar surface area (TPSA) is 75.4 Å². The van der Waals surface area contributed by atoms with E-state index >= 15 is 0 Å². The van der Waals surface area contributed by atoms with Crippen LogP contribution in [-0.2, 0) is 11.2 Å². The van der Waals surface area contributed by atoms with Crippen LogP contribution in [0.4, 0.5) is 5.69 Å². The lowest BCUT2D eigenvalue weighted by Gasteiger charge is -2.35. The maximum Gasteiger partial charge on any atom is 0.228 e. The molecule has 1 fully saturated rings. The molecule has 0 unspecified atom stereocenters. The SMILES string of the molecule is O=C(Cc1coc(-c2ccccc2)n1)N1CCN(c2ccnnc2)CC1. The van der Waals surface area contributed by atoms with Gasteiger partial charge in [0.1, 0.15) is 6.26 Å². The van der Waals surface area contributed by atoms with Gasteiger partial charge in [0.2, 0.25) is 11.8 Å². The molecule has 0 aliphatic carbocycles. The van der Waals surface area contributed by atoms with Crippen molar-refractivity contribution in [2.45, 2.75) is 6.42 Å². The number of carbonyl (C=O) groups is 1. The number of oxazole rings is 1. The van der Waals surface area contributed by atoms with Crippen LogP contribution in [0.2, 0.25) is 0 Å². The smallest absolute Gasteiger partial charge is 0.228 e. The minimum atomic E-state index is 0.0745. The molecule has 1 saturated heterocycles. The molecule has 2 aromatic heterocycles. The van der Waals surface area contributed by atoms with E-state index in [-0.39, 0.29) is 12.3 Å². The first kappa shape index (κ1) is 16.3. The molecule has 1 aliphatic heterocycles. The number of amides is 1. The lowest BCUT2D eigenvalue weighted by molar-refractivity contribution is -0.130. The maximum absolute atomic E-state index is 12.6. The van der Waals surface area contributed by atoms with Gasteiger partial charge in [-0.15, -0.1) is 0 Å². The number of benzene rings is 1. The van der Waals surface area contributed by atoms with Crippen LogP contribution in [0.25, 0.3) is 11.5 Å². The van der Waals surface area contributed by atoms with Crippen LogP contribution in [0.3, 0.4) is 0 Å². The largest absolute Gasteiger partial charge is 0.444 e. The van der Waals surface area contributed by atoms with Crippen molar-refractivity contribution >= 4 is 11.6 Å². The van der Waals surface area contributed by atoms with Crippen molar-refractivity contribution in [3.8, 4) is 11.5 Å². The van der Waals surface area contributed by atoms with E-state index in [1.807, 2.05) is 41.3 Å². The number of aromatic nitrogens is 3. The molecule has 1 amide bonds. The van der Waals surface area contributed by atoms with E-state index in [1.165, 1.54) is 0 Å². The zero-order valence-electron chi connectivity index (χ0n) is 14.3. The highest BCUT2D eigenvalue weighted by Gasteiger charge is 2.22. The fourth-order valence-corrected chi connectivity index (χ4v) is 3.05. The van der Waals surface area contributed by atoms with Gasteiger partial charge in [-0.25, -0.2) is 4.98 Å². The van der Waals surface area contributed by atoms with Gasteiger partial charge >= 0.3 is 0 Å². The highest BCUT2D eigenvalue weighted by molar-refractivity contribution is 5.78. The fourth-order valence-electron chi connectivity index (χ4n) is 3.05. The summed E-state index contributed by atoms with van der Waals surface area (Å²) >= 11 is 0. The van der Waals surface area contributed by atoms with Gasteiger partial charge in [-0.1, -0.05) is 18.2 Å². The zero-order chi connectivity index (χ0) is 17.8. The number of anilines is 1. The molecule has 3 aromatic rings. The summed E-state index contributed by atoms with van der Waals surface area (Å²) in [6, 6.07) is 11.6. The van der Waals surface area contributed by atoms with E-state index < -0.39 is 0 Å². The Morgan fingerprint density at radius 3 is 2.58 bits per heavy atom. The van der Waals surface area contributed by atoms with E-state index in [4.69, 9.17) is 4.42 Å². The van der Waals surface area contributed by atoms with Crippen LogP contribution in [0.15, 0.2) is 59.5 Å². The average Bonchev–Trinajstić information content (AvgIpc) is 3.18. The summed E-state index contributed by atoms with van der Waals surface area (Å²) in [4.78, 5) is 21.1. The van der Waals surface area contributed by atoms with Crippen LogP contribution < -0.4 is 4.90 Å². The third kappa shape index (κ3) is 3.56. The minimum absolute atomic E-state index is 0.0745. The highest BCUT2D eigenvalue weighted by Crippen LogP contribution is 2.19. The standard InChI is InChI=1S/C19H19N5O2/c25-18(12-16-14-26-19(22-16)15-4-2-1-3-5-15)24-10-8-23(9-11-24)17-6-7-20-21-13-17/h1-7,13-14H,8-12H2. The summed E-state index contributed by atoms with van der Waals surface area (Å²) in [5.74, 6) is 0.619. The quantitative estimate of drug-likeness (QED) is 0.717. The summed E-state index contributed by atoms with van der Waals surface area (Å²) < 4.78 is 5.51. The molecule has 0 saturated carbocycles. The first-order chi connectivity index (χ1) is 12.8. The Bertz CT molecular complexity index is 858. The van der Waals surface area contributed by atoms with Crippen molar-refractivity contribution in [1.29, 1.82) is 0 Å². The first-order valence-electron chi connectivity index (χ1n) is 8.59. The van der Waals surface area contributed by atoms with Crippen molar-refractivity contribution in [3.05, 3.63) is 60.7 Å². The Balaban J connectivity index is 1.34. The number of carbonyl (C=O) groups excluding carboxylic acids is 1. The normalized spacial score (nSPS) is 14.5. The van der Waals surface area contributed by atoms with Crippen LogP contribution in [0.5, 0.6) is 0 Å². The predicted octanol–water partition coefficient (Wildman–Crippen LogP) is 2.02. The minimum Gasteiger partial charge on any atom is -0.444 e. The lowest BCUT2D eigenvalue weighted by Crippen LogP contribution is -2.49. The molecule has 26 heavy (non-hydrogen) atoms. The Morgan fingerprint density at radius 2 is 1.85 bits per heavy atom. The van der Waals surface area contributed by atoms with Crippen LogP contribution >= 0.6 is 0 Å². The Kier molecular flexibility index (Phi) is 4.59.